The van der Waals surface area contributed by atoms with Crippen molar-refractivity contribution in [2.75, 3.05) is 11.9 Å². The molecule has 19 heavy (non-hydrogen) atoms. The third-order valence-electron chi connectivity index (χ3n) is 2.51. The number of aromatic nitrogens is 2. The van der Waals surface area contributed by atoms with Gasteiger partial charge in [-0.05, 0) is 12.5 Å². The maximum Gasteiger partial charge on any atom is 0.255 e. The summed E-state index contributed by atoms with van der Waals surface area (Å²) in [6, 6.07) is 1.81. The molecule has 5 nitrogen and oxygen atoms in total. The van der Waals surface area contributed by atoms with Gasteiger partial charge in [0.15, 0.2) is 0 Å². The standard InChI is InChI=1S/C13H16N4OS/c1-2-4-15-11-3-5-14-8-10(11)13(18)17-9-12-16-6-7-19-12/h3,5-8H,2,4,9H2,1H3,(H,14,15)(H,17,18). The Balaban J connectivity index is 2.01. The second-order valence-corrected chi connectivity index (χ2v) is 4.94. The Morgan fingerprint density at radius 3 is 3.05 bits per heavy atom. The van der Waals surface area contributed by atoms with Crippen LogP contribution in [0, 0.1) is 0 Å². The van der Waals surface area contributed by atoms with Crippen LogP contribution in [0.5, 0.6) is 0 Å². The lowest BCUT2D eigenvalue weighted by Crippen LogP contribution is -2.24. The summed E-state index contributed by atoms with van der Waals surface area (Å²) in [4.78, 5) is 20.2. The molecule has 1 amide bonds. The summed E-state index contributed by atoms with van der Waals surface area (Å²) in [5, 5.41) is 8.85. The average molecular weight is 276 g/mol. The van der Waals surface area contributed by atoms with Crippen LogP contribution in [0.2, 0.25) is 0 Å². The summed E-state index contributed by atoms with van der Waals surface area (Å²) in [6.07, 6.45) is 5.98. The molecule has 0 aliphatic heterocycles. The van der Waals surface area contributed by atoms with Gasteiger partial charge in [-0.15, -0.1) is 11.3 Å². The van der Waals surface area contributed by atoms with Crippen molar-refractivity contribution >= 4 is 22.9 Å². The molecule has 2 rings (SSSR count). The minimum atomic E-state index is -0.137. The fourth-order valence-corrected chi connectivity index (χ4v) is 2.14. The highest BCUT2D eigenvalue weighted by atomic mass is 32.1. The first-order valence-corrected chi connectivity index (χ1v) is 7.03. The first-order valence-electron chi connectivity index (χ1n) is 6.15. The number of nitrogens with one attached hydrogen (secondary N) is 2. The minimum absolute atomic E-state index is 0.137. The van der Waals surface area contributed by atoms with Gasteiger partial charge in [-0.25, -0.2) is 4.98 Å². The van der Waals surface area contributed by atoms with E-state index in [4.69, 9.17) is 0 Å². The van der Waals surface area contributed by atoms with E-state index >= 15 is 0 Å². The SMILES string of the molecule is CCCNc1ccncc1C(=O)NCc1nccs1. The molecule has 2 heterocycles. The molecule has 0 spiro atoms. The lowest BCUT2D eigenvalue weighted by Gasteiger charge is -2.10. The van der Waals surface area contributed by atoms with Crippen LogP contribution in [-0.2, 0) is 6.54 Å². The molecule has 0 bridgehead atoms. The zero-order valence-corrected chi connectivity index (χ0v) is 11.5. The maximum absolute atomic E-state index is 12.1. The summed E-state index contributed by atoms with van der Waals surface area (Å²) in [7, 11) is 0. The molecule has 0 saturated carbocycles. The Hall–Kier alpha value is -1.95. The number of amides is 1. The van der Waals surface area contributed by atoms with E-state index < -0.39 is 0 Å². The summed E-state index contributed by atoms with van der Waals surface area (Å²) < 4.78 is 0. The minimum Gasteiger partial charge on any atom is -0.384 e. The molecule has 6 heteroatoms. The smallest absolute Gasteiger partial charge is 0.255 e. The second-order valence-electron chi connectivity index (χ2n) is 3.96. The molecule has 0 aliphatic rings. The lowest BCUT2D eigenvalue weighted by atomic mass is 10.2. The highest BCUT2D eigenvalue weighted by Gasteiger charge is 2.11. The van der Waals surface area contributed by atoms with Gasteiger partial charge < -0.3 is 10.6 Å². The molecular formula is C13H16N4OS. The molecule has 0 saturated heterocycles. The molecule has 100 valence electrons. The van der Waals surface area contributed by atoms with Crippen LogP contribution >= 0.6 is 11.3 Å². The number of rotatable bonds is 6. The number of pyridine rings is 1. The van der Waals surface area contributed by atoms with Gasteiger partial charge >= 0.3 is 0 Å². The fourth-order valence-electron chi connectivity index (χ4n) is 1.58. The normalized spacial score (nSPS) is 10.2. The van der Waals surface area contributed by atoms with Gasteiger partial charge in [0, 0.05) is 30.5 Å². The molecule has 0 radical (unpaired) electrons. The van der Waals surface area contributed by atoms with Crippen LogP contribution in [0.25, 0.3) is 0 Å². The Kier molecular flexibility index (Phi) is 4.85. The van der Waals surface area contributed by atoms with Gasteiger partial charge in [0.05, 0.1) is 17.8 Å². The van der Waals surface area contributed by atoms with Crippen molar-refractivity contribution in [3.63, 3.8) is 0 Å². The third-order valence-corrected chi connectivity index (χ3v) is 3.29. The molecule has 0 atom stereocenters. The molecule has 0 unspecified atom stereocenters. The quantitative estimate of drug-likeness (QED) is 0.849. The Morgan fingerprint density at radius 2 is 2.32 bits per heavy atom. The molecule has 0 fully saturated rings. The van der Waals surface area contributed by atoms with Crippen LogP contribution in [0.3, 0.4) is 0 Å². The predicted octanol–water partition coefficient (Wildman–Crippen LogP) is 2.29. The van der Waals surface area contributed by atoms with Crippen LogP contribution in [0.4, 0.5) is 5.69 Å². The van der Waals surface area contributed by atoms with Gasteiger partial charge in [0.25, 0.3) is 5.91 Å². The molecule has 2 aromatic rings. The third kappa shape index (κ3) is 3.75. The number of hydrogen-bond acceptors (Lipinski definition) is 5. The highest BCUT2D eigenvalue weighted by Crippen LogP contribution is 2.13. The zero-order valence-electron chi connectivity index (χ0n) is 10.7. The van der Waals surface area contributed by atoms with Gasteiger partial charge in [-0.2, -0.15) is 0 Å². The van der Waals surface area contributed by atoms with Crippen molar-refractivity contribution in [1.29, 1.82) is 0 Å². The summed E-state index contributed by atoms with van der Waals surface area (Å²) >= 11 is 1.52. The van der Waals surface area contributed by atoms with Gasteiger partial charge in [-0.3, -0.25) is 9.78 Å². The number of nitrogens with zero attached hydrogens (tertiary/aromatic N) is 2. The number of carbonyl (C=O) groups excluding carboxylic acids is 1. The predicted molar refractivity (Wildman–Crippen MR) is 76.3 cm³/mol. The van der Waals surface area contributed by atoms with E-state index in [1.54, 1.807) is 18.6 Å². The van der Waals surface area contributed by atoms with E-state index in [0.29, 0.717) is 12.1 Å². The highest BCUT2D eigenvalue weighted by molar-refractivity contribution is 7.09. The lowest BCUT2D eigenvalue weighted by molar-refractivity contribution is 0.0951. The summed E-state index contributed by atoms with van der Waals surface area (Å²) in [5.41, 5.74) is 1.38. The summed E-state index contributed by atoms with van der Waals surface area (Å²) in [5.74, 6) is -0.137. The van der Waals surface area contributed by atoms with Crippen molar-refractivity contribution < 1.29 is 4.79 Å². The number of carbonyl (C=O) groups is 1. The summed E-state index contributed by atoms with van der Waals surface area (Å²) in [6.45, 7) is 3.35. The van der Waals surface area contributed by atoms with Gasteiger partial charge in [0.2, 0.25) is 0 Å². The van der Waals surface area contributed by atoms with Gasteiger partial charge in [-0.1, -0.05) is 6.92 Å². The van der Waals surface area contributed by atoms with E-state index in [0.717, 1.165) is 23.7 Å². The van der Waals surface area contributed by atoms with E-state index in [9.17, 15) is 4.79 Å². The van der Waals surface area contributed by atoms with E-state index in [1.807, 2.05) is 11.4 Å². The Morgan fingerprint density at radius 1 is 1.42 bits per heavy atom. The first kappa shape index (κ1) is 13.5. The average Bonchev–Trinajstić information content (AvgIpc) is 2.96. The van der Waals surface area contributed by atoms with Crippen molar-refractivity contribution in [2.24, 2.45) is 0 Å². The monoisotopic (exact) mass is 276 g/mol. The Bertz CT molecular complexity index is 527. The number of anilines is 1. The second kappa shape index (κ2) is 6.84. The van der Waals surface area contributed by atoms with E-state index in [2.05, 4.69) is 27.5 Å². The zero-order chi connectivity index (χ0) is 13.5. The number of hydrogen-bond donors (Lipinski definition) is 2. The maximum atomic E-state index is 12.1. The molecule has 0 aliphatic carbocycles. The van der Waals surface area contributed by atoms with E-state index in [-0.39, 0.29) is 5.91 Å². The van der Waals surface area contributed by atoms with Gasteiger partial charge in [0.1, 0.15) is 5.01 Å². The topological polar surface area (TPSA) is 66.9 Å². The first-order chi connectivity index (χ1) is 9.31. The molecule has 2 aromatic heterocycles. The van der Waals surface area contributed by atoms with Crippen molar-refractivity contribution in [3.8, 4) is 0 Å². The van der Waals surface area contributed by atoms with Crippen LogP contribution in [0.1, 0.15) is 28.7 Å². The van der Waals surface area contributed by atoms with Crippen LogP contribution < -0.4 is 10.6 Å². The molecule has 0 aromatic carbocycles. The molecule has 2 N–H and O–H groups in total. The van der Waals surface area contributed by atoms with E-state index in [1.165, 1.54) is 11.3 Å². The van der Waals surface area contributed by atoms with Crippen LogP contribution in [-0.4, -0.2) is 22.4 Å². The molecular weight excluding hydrogens is 260 g/mol. The van der Waals surface area contributed by atoms with Crippen molar-refractivity contribution in [3.05, 3.63) is 40.6 Å². The largest absolute Gasteiger partial charge is 0.384 e. The number of thiazole rings is 1. The van der Waals surface area contributed by atoms with Crippen molar-refractivity contribution in [1.82, 2.24) is 15.3 Å². The Labute approximate surface area is 116 Å². The van der Waals surface area contributed by atoms with Crippen LogP contribution in [0.15, 0.2) is 30.0 Å². The fraction of sp³-hybridized carbons (Fsp3) is 0.308. The van der Waals surface area contributed by atoms with Crippen molar-refractivity contribution in [2.45, 2.75) is 19.9 Å².